The summed E-state index contributed by atoms with van der Waals surface area (Å²) in [6.45, 7) is 5.03. The number of ether oxygens (including phenoxy) is 3. The average Bonchev–Trinajstić information content (AvgIpc) is 3.37. The lowest BCUT2D eigenvalue weighted by Crippen LogP contribution is -2.99. The third kappa shape index (κ3) is 5.05. The molecule has 0 aromatic rings. The van der Waals surface area contributed by atoms with E-state index >= 15 is 0 Å². The highest BCUT2D eigenvalue weighted by Crippen LogP contribution is 2.53. The number of quaternary nitrogens is 1. The van der Waals surface area contributed by atoms with Gasteiger partial charge in [-0.15, -0.1) is 0 Å². The molecule has 2 N–H and O–H groups in total. The fourth-order valence-electron chi connectivity index (χ4n) is 10.7. The second-order valence-corrected chi connectivity index (χ2v) is 14.2. The minimum atomic E-state index is -0.157. The first kappa shape index (κ1) is 28.5. The molecule has 230 valence electrons. The van der Waals surface area contributed by atoms with Gasteiger partial charge in [0.25, 0.3) is 0 Å². The maximum atomic E-state index is 14.2. The topological polar surface area (TPSA) is 88.2 Å². The van der Waals surface area contributed by atoms with E-state index in [9.17, 15) is 9.59 Å². The van der Waals surface area contributed by atoms with Crippen LogP contribution in [0, 0.1) is 23.7 Å². The van der Waals surface area contributed by atoms with Gasteiger partial charge in [0.2, 0.25) is 11.8 Å². The first-order valence-corrected chi connectivity index (χ1v) is 16.9. The predicted molar refractivity (Wildman–Crippen MR) is 153 cm³/mol. The Hall–Kier alpha value is -1.26. The summed E-state index contributed by atoms with van der Waals surface area (Å²) in [6, 6.07) is 1.83. The summed E-state index contributed by atoms with van der Waals surface area (Å²) in [6.07, 6.45) is 12.8. The molecule has 10 unspecified atom stereocenters. The van der Waals surface area contributed by atoms with Crippen LogP contribution in [0.5, 0.6) is 0 Å². The lowest BCUT2D eigenvalue weighted by Gasteiger charge is -2.53. The molecule has 10 atom stereocenters. The van der Waals surface area contributed by atoms with E-state index in [-0.39, 0.29) is 36.7 Å². The maximum Gasteiger partial charge on any atom is 0.248 e. The number of hydrogen-bond acceptors (Lipinski definition) is 6. The summed E-state index contributed by atoms with van der Waals surface area (Å²) in [5.74, 6) is 1.78. The van der Waals surface area contributed by atoms with Crippen LogP contribution in [0.4, 0.5) is 0 Å². The molecule has 3 aliphatic carbocycles. The van der Waals surface area contributed by atoms with Crippen molar-refractivity contribution in [2.45, 2.75) is 113 Å². The monoisotopic (exact) mass is 573 g/mol. The van der Waals surface area contributed by atoms with Gasteiger partial charge in [0.1, 0.15) is 12.6 Å². The van der Waals surface area contributed by atoms with Gasteiger partial charge in [-0.3, -0.25) is 14.5 Å². The predicted octanol–water partition coefficient (Wildman–Crippen LogP) is 1.25. The van der Waals surface area contributed by atoms with E-state index in [4.69, 9.17) is 14.2 Å². The van der Waals surface area contributed by atoms with Gasteiger partial charge in [-0.1, -0.05) is 19.3 Å². The SMILES string of the molecule is COC1CCC2C3[NH2+]CCC4C5CC(OCC(=O)N6CCN(C7CCCCC7)CC6)CCC5N(C(=O)C2C1OC)C43. The molecule has 0 spiro atoms. The third-order valence-corrected chi connectivity index (χ3v) is 12.6. The fourth-order valence-corrected chi connectivity index (χ4v) is 10.7. The smallest absolute Gasteiger partial charge is 0.248 e. The van der Waals surface area contributed by atoms with E-state index < -0.39 is 0 Å². The molecule has 4 saturated heterocycles. The molecule has 0 radical (unpaired) electrons. The maximum absolute atomic E-state index is 14.2. The van der Waals surface area contributed by atoms with E-state index in [2.05, 4.69) is 15.1 Å². The lowest BCUT2D eigenvalue weighted by atomic mass is 9.64. The summed E-state index contributed by atoms with van der Waals surface area (Å²) in [5, 5.41) is 2.55. The summed E-state index contributed by atoms with van der Waals surface area (Å²) in [4.78, 5) is 34.4. The molecule has 4 heterocycles. The van der Waals surface area contributed by atoms with Crippen LogP contribution in [0.15, 0.2) is 0 Å². The first-order valence-electron chi connectivity index (χ1n) is 16.9. The molecule has 7 rings (SSSR count). The lowest BCUT2D eigenvalue weighted by molar-refractivity contribution is -0.713. The van der Waals surface area contributed by atoms with Crippen molar-refractivity contribution >= 4 is 11.8 Å². The molecule has 7 aliphatic rings. The van der Waals surface area contributed by atoms with E-state index in [1.165, 1.54) is 38.5 Å². The van der Waals surface area contributed by atoms with Crippen molar-refractivity contribution in [3.05, 3.63) is 0 Å². The van der Waals surface area contributed by atoms with Crippen molar-refractivity contribution in [1.82, 2.24) is 14.7 Å². The van der Waals surface area contributed by atoms with Crippen LogP contribution in [0.3, 0.4) is 0 Å². The molecule has 9 heteroatoms. The van der Waals surface area contributed by atoms with E-state index in [1.807, 2.05) is 4.90 Å². The highest BCUT2D eigenvalue weighted by Gasteiger charge is 2.66. The number of nitrogens with two attached hydrogens (primary N) is 1. The number of methoxy groups -OCH3 is 2. The normalized spacial score (nSPS) is 43.4. The number of carbonyl (C=O) groups excluding carboxylic acids is 2. The summed E-state index contributed by atoms with van der Waals surface area (Å²) in [7, 11) is 3.50. The van der Waals surface area contributed by atoms with Crippen LogP contribution in [-0.2, 0) is 23.8 Å². The van der Waals surface area contributed by atoms with Gasteiger partial charge in [-0.2, -0.15) is 0 Å². The van der Waals surface area contributed by atoms with Crippen LogP contribution in [0.1, 0.15) is 70.6 Å². The number of carbonyl (C=O) groups is 2. The fraction of sp³-hybridized carbons (Fsp3) is 0.938. The largest absolute Gasteiger partial charge is 0.379 e. The molecule has 2 amide bonds. The number of piperazine rings is 1. The molecular weight excluding hydrogens is 520 g/mol. The summed E-state index contributed by atoms with van der Waals surface area (Å²) < 4.78 is 18.1. The highest BCUT2D eigenvalue weighted by molar-refractivity contribution is 5.82. The van der Waals surface area contributed by atoms with Crippen molar-refractivity contribution < 1.29 is 29.1 Å². The van der Waals surface area contributed by atoms with E-state index in [1.54, 1.807) is 14.2 Å². The Balaban J connectivity index is 0.969. The quantitative estimate of drug-likeness (QED) is 0.515. The Morgan fingerprint density at radius 1 is 0.878 bits per heavy atom. The number of rotatable bonds is 6. The molecule has 41 heavy (non-hydrogen) atoms. The van der Waals surface area contributed by atoms with Gasteiger partial charge in [0.05, 0.1) is 36.8 Å². The standard InChI is InChI=1S/C32H52N4O5/c1-39-26-11-9-23-28(31(26)40-2)32(38)36-25-10-8-21(18-24(25)22-12-13-33-29(23)30(22)36)41-19-27(37)35-16-14-34(15-17-35)20-6-4-3-5-7-20/h20-26,28-31,33H,3-19H2,1-2H3/p+1. The van der Waals surface area contributed by atoms with Gasteiger partial charge in [0, 0.05) is 64.8 Å². The molecule has 3 saturated carbocycles. The van der Waals surface area contributed by atoms with Crippen molar-refractivity contribution in [3.63, 3.8) is 0 Å². The Morgan fingerprint density at radius 2 is 1.68 bits per heavy atom. The van der Waals surface area contributed by atoms with Crippen molar-refractivity contribution in [3.8, 4) is 0 Å². The van der Waals surface area contributed by atoms with Crippen molar-refractivity contribution in [2.24, 2.45) is 23.7 Å². The average molecular weight is 574 g/mol. The van der Waals surface area contributed by atoms with Crippen LogP contribution in [0.2, 0.25) is 0 Å². The molecule has 0 aromatic carbocycles. The first-order chi connectivity index (χ1) is 20.1. The van der Waals surface area contributed by atoms with Crippen LogP contribution in [0.25, 0.3) is 0 Å². The van der Waals surface area contributed by atoms with Crippen LogP contribution < -0.4 is 5.32 Å². The molecule has 9 nitrogen and oxygen atoms in total. The van der Waals surface area contributed by atoms with Gasteiger partial charge >= 0.3 is 0 Å². The summed E-state index contributed by atoms with van der Waals surface area (Å²) >= 11 is 0. The number of piperidine rings is 2. The second-order valence-electron chi connectivity index (χ2n) is 14.2. The molecule has 7 fully saturated rings. The Kier molecular flexibility index (Phi) is 8.36. The van der Waals surface area contributed by atoms with E-state index in [0.29, 0.717) is 41.8 Å². The molecule has 0 aromatic heterocycles. The zero-order valence-corrected chi connectivity index (χ0v) is 25.3. The Bertz CT molecular complexity index is 952. The molecule has 0 bridgehead atoms. The highest BCUT2D eigenvalue weighted by atomic mass is 16.5. The third-order valence-electron chi connectivity index (χ3n) is 12.6. The van der Waals surface area contributed by atoms with Crippen molar-refractivity contribution in [1.29, 1.82) is 0 Å². The van der Waals surface area contributed by atoms with Crippen LogP contribution >= 0.6 is 0 Å². The molecular formula is C32H53N4O5+. The van der Waals surface area contributed by atoms with Gasteiger partial charge in [-0.05, 0) is 56.8 Å². The Morgan fingerprint density at radius 3 is 2.44 bits per heavy atom. The van der Waals surface area contributed by atoms with Gasteiger partial charge in [-0.25, -0.2) is 0 Å². The molecule has 4 aliphatic heterocycles. The van der Waals surface area contributed by atoms with Gasteiger partial charge in [0.15, 0.2) is 0 Å². The number of amides is 2. The second kappa shape index (κ2) is 12.0. The number of nitrogens with zero attached hydrogens (tertiary/aromatic N) is 3. The minimum absolute atomic E-state index is 0.00329. The number of hydrogen-bond donors (Lipinski definition) is 1. The van der Waals surface area contributed by atoms with Crippen LogP contribution in [-0.4, -0.2) is 123 Å². The summed E-state index contributed by atoms with van der Waals surface area (Å²) in [5.41, 5.74) is 0. The minimum Gasteiger partial charge on any atom is -0.379 e. The zero-order chi connectivity index (χ0) is 28.1. The van der Waals surface area contributed by atoms with E-state index in [0.717, 1.165) is 70.9 Å². The number of fused-ring (bicyclic) bond motifs is 5. The van der Waals surface area contributed by atoms with Crippen molar-refractivity contribution in [2.75, 3.05) is 53.6 Å². The van der Waals surface area contributed by atoms with Gasteiger partial charge < -0.3 is 29.3 Å². The Labute approximate surface area is 246 Å². The zero-order valence-electron chi connectivity index (χ0n) is 25.3.